The van der Waals surface area contributed by atoms with Crippen LogP contribution >= 0.6 is 0 Å². The van der Waals surface area contributed by atoms with Gasteiger partial charge in [0.25, 0.3) is 0 Å². The van der Waals surface area contributed by atoms with Gasteiger partial charge >= 0.3 is 0 Å². The molecule has 0 aromatic carbocycles. The molecule has 0 N–H and O–H groups in total. The molecule has 1 heteroatoms. The Morgan fingerprint density at radius 1 is 1.25 bits per heavy atom. The summed E-state index contributed by atoms with van der Waals surface area (Å²) in [6.07, 6.45) is 6.57. The molecule has 0 amide bonds. The van der Waals surface area contributed by atoms with E-state index in [2.05, 4.69) is 20.8 Å². The van der Waals surface area contributed by atoms with E-state index in [0.717, 1.165) is 5.92 Å². The van der Waals surface area contributed by atoms with Crippen LogP contribution in [0.5, 0.6) is 0 Å². The Morgan fingerprint density at radius 2 is 2.00 bits per heavy atom. The number of fused-ring (bicyclic) bond motifs is 2. The summed E-state index contributed by atoms with van der Waals surface area (Å²) < 4.78 is 5.83. The third-order valence-corrected chi connectivity index (χ3v) is 3.11. The van der Waals surface area contributed by atoms with Crippen molar-refractivity contribution in [3.8, 4) is 0 Å². The molecule has 2 saturated heterocycles. The largest absolute Gasteiger partial charge is 0.375 e. The first-order valence-electron chi connectivity index (χ1n) is 5.20. The SMILES string of the molecule is CC(C)(C)CC1CC2CCC1O2. The van der Waals surface area contributed by atoms with Crippen LogP contribution in [-0.2, 0) is 4.74 Å². The van der Waals surface area contributed by atoms with E-state index in [1.54, 1.807) is 0 Å². The van der Waals surface area contributed by atoms with E-state index >= 15 is 0 Å². The van der Waals surface area contributed by atoms with Gasteiger partial charge in [0.15, 0.2) is 0 Å². The minimum atomic E-state index is 0.485. The number of hydrogen-bond donors (Lipinski definition) is 0. The Balaban J connectivity index is 1.91. The minimum Gasteiger partial charge on any atom is -0.375 e. The molecule has 2 bridgehead atoms. The minimum absolute atomic E-state index is 0.485. The second kappa shape index (κ2) is 2.73. The molecule has 0 aliphatic carbocycles. The highest BCUT2D eigenvalue weighted by molar-refractivity contribution is 4.90. The molecule has 0 spiro atoms. The monoisotopic (exact) mass is 168 g/mol. The Kier molecular flexibility index (Phi) is 1.95. The van der Waals surface area contributed by atoms with Crippen molar-refractivity contribution in [1.29, 1.82) is 0 Å². The first-order valence-corrected chi connectivity index (χ1v) is 5.20. The van der Waals surface area contributed by atoms with E-state index in [1.807, 2.05) is 0 Å². The first-order chi connectivity index (χ1) is 5.54. The van der Waals surface area contributed by atoms with Crippen molar-refractivity contribution in [1.82, 2.24) is 0 Å². The Morgan fingerprint density at radius 3 is 2.42 bits per heavy atom. The lowest BCUT2D eigenvalue weighted by Crippen LogP contribution is -2.22. The van der Waals surface area contributed by atoms with Gasteiger partial charge in [-0.2, -0.15) is 0 Å². The molecule has 2 rings (SSSR count). The van der Waals surface area contributed by atoms with Crippen molar-refractivity contribution < 1.29 is 4.74 Å². The fourth-order valence-corrected chi connectivity index (χ4v) is 2.74. The Hall–Kier alpha value is -0.0400. The van der Waals surface area contributed by atoms with E-state index in [-0.39, 0.29) is 0 Å². The predicted molar refractivity (Wildman–Crippen MR) is 50.1 cm³/mol. The zero-order valence-electron chi connectivity index (χ0n) is 8.47. The summed E-state index contributed by atoms with van der Waals surface area (Å²) in [6.45, 7) is 7.00. The predicted octanol–water partition coefficient (Wildman–Crippen LogP) is 2.99. The van der Waals surface area contributed by atoms with Gasteiger partial charge in [0, 0.05) is 0 Å². The molecule has 0 aromatic rings. The van der Waals surface area contributed by atoms with Gasteiger partial charge < -0.3 is 4.74 Å². The average Bonchev–Trinajstić information content (AvgIpc) is 2.42. The smallest absolute Gasteiger partial charge is 0.0609 e. The molecule has 0 radical (unpaired) electrons. The van der Waals surface area contributed by atoms with E-state index in [9.17, 15) is 0 Å². The maximum absolute atomic E-state index is 5.83. The standard InChI is InChI=1S/C11H20O/c1-11(2,3)7-8-6-9-4-5-10(8)12-9/h8-10H,4-7H2,1-3H3. The van der Waals surface area contributed by atoms with Crippen molar-refractivity contribution in [3.63, 3.8) is 0 Å². The lowest BCUT2D eigenvalue weighted by atomic mass is 9.78. The van der Waals surface area contributed by atoms with Crippen molar-refractivity contribution >= 4 is 0 Å². The molecular weight excluding hydrogens is 148 g/mol. The highest BCUT2D eigenvalue weighted by Gasteiger charge is 2.41. The third-order valence-electron chi connectivity index (χ3n) is 3.11. The maximum Gasteiger partial charge on any atom is 0.0609 e. The summed E-state index contributed by atoms with van der Waals surface area (Å²) in [4.78, 5) is 0. The van der Waals surface area contributed by atoms with Crippen LogP contribution in [0.15, 0.2) is 0 Å². The summed E-state index contributed by atoms with van der Waals surface area (Å²) in [5.74, 6) is 0.865. The maximum atomic E-state index is 5.83. The fraction of sp³-hybridized carbons (Fsp3) is 1.00. The molecule has 2 fully saturated rings. The van der Waals surface area contributed by atoms with Gasteiger partial charge in [0.2, 0.25) is 0 Å². The van der Waals surface area contributed by atoms with Gasteiger partial charge in [-0.3, -0.25) is 0 Å². The summed E-state index contributed by atoms with van der Waals surface area (Å²) in [5.41, 5.74) is 0.485. The summed E-state index contributed by atoms with van der Waals surface area (Å²) >= 11 is 0. The normalized spacial score (nSPS) is 40.8. The molecule has 3 atom stereocenters. The van der Waals surface area contributed by atoms with Crippen LogP contribution in [0.3, 0.4) is 0 Å². The van der Waals surface area contributed by atoms with Crippen LogP contribution in [0, 0.1) is 11.3 Å². The lowest BCUT2D eigenvalue weighted by molar-refractivity contribution is 0.0849. The number of ether oxygens (including phenoxy) is 1. The molecule has 3 unspecified atom stereocenters. The fourth-order valence-electron chi connectivity index (χ4n) is 2.74. The second-order valence-electron chi connectivity index (χ2n) is 5.63. The van der Waals surface area contributed by atoms with Crippen LogP contribution in [0.1, 0.15) is 46.5 Å². The van der Waals surface area contributed by atoms with Crippen LogP contribution in [0.25, 0.3) is 0 Å². The zero-order chi connectivity index (χ0) is 8.77. The van der Waals surface area contributed by atoms with Crippen molar-refractivity contribution in [3.05, 3.63) is 0 Å². The summed E-state index contributed by atoms with van der Waals surface area (Å²) in [5, 5.41) is 0. The first kappa shape index (κ1) is 8.55. The molecule has 1 nitrogen and oxygen atoms in total. The quantitative estimate of drug-likeness (QED) is 0.585. The number of rotatable bonds is 1. The highest BCUT2D eigenvalue weighted by Crippen LogP contribution is 2.43. The Bertz CT molecular complexity index is 168. The van der Waals surface area contributed by atoms with Crippen molar-refractivity contribution in [2.75, 3.05) is 0 Å². The molecule has 12 heavy (non-hydrogen) atoms. The number of hydrogen-bond acceptors (Lipinski definition) is 1. The molecule has 0 saturated carbocycles. The van der Waals surface area contributed by atoms with Crippen LogP contribution in [0.2, 0.25) is 0 Å². The summed E-state index contributed by atoms with van der Waals surface area (Å²) in [6, 6.07) is 0. The molecule has 70 valence electrons. The molecule has 0 aromatic heterocycles. The van der Waals surface area contributed by atoms with Crippen molar-refractivity contribution in [2.45, 2.75) is 58.7 Å². The summed E-state index contributed by atoms with van der Waals surface area (Å²) in [7, 11) is 0. The lowest BCUT2D eigenvalue weighted by Gasteiger charge is -2.26. The van der Waals surface area contributed by atoms with Crippen molar-refractivity contribution in [2.24, 2.45) is 11.3 Å². The van der Waals surface area contributed by atoms with Gasteiger partial charge in [-0.1, -0.05) is 20.8 Å². The topological polar surface area (TPSA) is 9.23 Å². The van der Waals surface area contributed by atoms with Crippen LogP contribution in [-0.4, -0.2) is 12.2 Å². The highest BCUT2D eigenvalue weighted by atomic mass is 16.5. The van der Waals surface area contributed by atoms with Crippen LogP contribution < -0.4 is 0 Å². The van der Waals surface area contributed by atoms with E-state index in [4.69, 9.17) is 4.74 Å². The zero-order valence-corrected chi connectivity index (χ0v) is 8.47. The van der Waals surface area contributed by atoms with Gasteiger partial charge in [-0.15, -0.1) is 0 Å². The third kappa shape index (κ3) is 1.66. The molecular formula is C11H20O. The van der Waals surface area contributed by atoms with Gasteiger partial charge in [-0.25, -0.2) is 0 Å². The van der Waals surface area contributed by atoms with Crippen LogP contribution in [0.4, 0.5) is 0 Å². The van der Waals surface area contributed by atoms with E-state index in [0.29, 0.717) is 17.6 Å². The molecule has 2 aliphatic heterocycles. The van der Waals surface area contributed by atoms with Gasteiger partial charge in [0.1, 0.15) is 0 Å². The second-order valence-corrected chi connectivity index (χ2v) is 5.63. The molecule has 2 aliphatic rings. The van der Waals surface area contributed by atoms with E-state index in [1.165, 1.54) is 25.7 Å². The van der Waals surface area contributed by atoms with Gasteiger partial charge in [0.05, 0.1) is 12.2 Å². The van der Waals surface area contributed by atoms with E-state index < -0.39 is 0 Å². The Labute approximate surface area is 75.5 Å². The average molecular weight is 168 g/mol. The van der Waals surface area contributed by atoms with Gasteiger partial charge in [-0.05, 0) is 37.0 Å². The molecule has 2 heterocycles.